The van der Waals surface area contributed by atoms with Crippen molar-refractivity contribution in [3.63, 3.8) is 0 Å². The lowest BCUT2D eigenvalue weighted by Gasteiger charge is -2.36. The molecule has 0 unspecified atom stereocenters. The van der Waals surface area contributed by atoms with Crippen LogP contribution in [-0.4, -0.2) is 35.9 Å². The van der Waals surface area contributed by atoms with Crippen molar-refractivity contribution < 1.29 is 14.6 Å². The summed E-state index contributed by atoms with van der Waals surface area (Å²) in [6.07, 6.45) is 1.06. The normalized spacial score (nSPS) is 22.7. The highest BCUT2D eigenvalue weighted by Gasteiger charge is 2.30. The number of aliphatic hydroxyl groups is 1. The highest BCUT2D eigenvalue weighted by atomic mass is 16.5. The molecule has 2 rings (SSSR count). The van der Waals surface area contributed by atoms with E-state index < -0.39 is 0 Å². The third-order valence-electron chi connectivity index (χ3n) is 3.37. The van der Waals surface area contributed by atoms with Crippen LogP contribution in [0.4, 0.5) is 4.79 Å². The zero-order valence-corrected chi connectivity index (χ0v) is 11.7. The second kappa shape index (κ2) is 7.26. The molecule has 1 aromatic rings. The first kappa shape index (κ1) is 14.8. The first-order valence-electron chi connectivity index (χ1n) is 7.02. The fraction of sp³-hybridized carbons (Fsp3) is 0.533. The van der Waals surface area contributed by atoms with Gasteiger partial charge in [0.15, 0.2) is 0 Å². The van der Waals surface area contributed by atoms with Crippen molar-refractivity contribution in [2.45, 2.75) is 44.6 Å². The van der Waals surface area contributed by atoms with Gasteiger partial charge in [-0.15, -0.1) is 0 Å². The lowest BCUT2D eigenvalue weighted by molar-refractivity contribution is 0.122. The van der Waals surface area contributed by atoms with E-state index in [0.717, 1.165) is 18.4 Å². The van der Waals surface area contributed by atoms with Crippen LogP contribution in [0.2, 0.25) is 0 Å². The van der Waals surface area contributed by atoms with Gasteiger partial charge in [-0.25, -0.2) is 4.79 Å². The van der Waals surface area contributed by atoms with E-state index in [0.29, 0.717) is 19.2 Å². The highest BCUT2D eigenvalue weighted by molar-refractivity contribution is 5.67. The molecule has 0 heterocycles. The van der Waals surface area contributed by atoms with Crippen molar-refractivity contribution in [3.05, 3.63) is 35.9 Å². The predicted octanol–water partition coefficient (Wildman–Crippen LogP) is 1.41. The number of aliphatic hydroxyl groups excluding tert-OH is 1. The second-order valence-electron chi connectivity index (χ2n) is 5.33. The number of benzene rings is 1. The summed E-state index contributed by atoms with van der Waals surface area (Å²) in [5.74, 6) is 0. The Labute approximate surface area is 119 Å². The van der Waals surface area contributed by atoms with E-state index in [1.807, 2.05) is 30.3 Å². The monoisotopic (exact) mass is 278 g/mol. The fourth-order valence-electron chi connectivity index (χ4n) is 2.17. The van der Waals surface area contributed by atoms with Gasteiger partial charge < -0.3 is 20.5 Å². The first-order chi connectivity index (χ1) is 9.63. The van der Waals surface area contributed by atoms with Crippen molar-refractivity contribution in [1.82, 2.24) is 10.6 Å². The molecule has 1 saturated carbocycles. The van der Waals surface area contributed by atoms with Crippen LogP contribution in [0.1, 0.15) is 25.3 Å². The summed E-state index contributed by atoms with van der Waals surface area (Å²) in [6.45, 7) is 2.64. The Hall–Kier alpha value is -1.59. The third-order valence-corrected chi connectivity index (χ3v) is 3.37. The van der Waals surface area contributed by atoms with Gasteiger partial charge in [0.25, 0.3) is 0 Å². The molecular weight excluding hydrogens is 256 g/mol. The molecule has 1 aromatic carbocycles. The average Bonchev–Trinajstić information content (AvgIpc) is 2.39. The highest BCUT2D eigenvalue weighted by Crippen LogP contribution is 2.20. The van der Waals surface area contributed by atoms with E-state index in [2.05, 4.69) is 10.6 Å². The molecule has 0 bridgehead atoms. The second-order valence-corrected chi connectivity index (χ2v) is 5.33. The van der Waals surface area contributed by atoms with Gasteiger partial charge in [0, 0.05) is 18.6 Å². The maximum absolute atomic E-state index is 11.6. The summed E-state index contributed by atoms with van der Waals surface area (Å²) < 4.78 is 5.16. The molecule has 1 fully saturated rings. The standard InChI is InChI=1S/C15H22N2O3/c1-11(18)9-16-13-7-14(8-13)17-15(19)20-10-12-5-3-2-4-6-12/h2-6,11,13-14,16,18H,7-10H2,1H3,(H,17,19)/t11-,13?,14?/m0/s1. The molecule has 0 spiro atoms. The Morgan fingerprint density at radius 1 is 1.35 bits per heavy atom. The summed E-state index contributed by atoms with van der Waals surface area (Å²) in [5.41, 5.74) is 0.979. The molecule has 1 atom stereocenters. The van der Waals surface area contributed by atoms with Crippen molar-refractivity contribution in [2.75, 3.05) is 6.54 Å². The number of hydrogen-bond acceptors (Lipinski definition) is 4. The SMILES string of the molecule is C[C@H](O)CNC1CC(NC(=O)OCc2ccccc2)C1. The van der Waals surface area contributed by atoms with Crippen LogP contribution >= 0.6 is 0 Å². The van der Waals surface area contributed by atoms with Crippen molar-refractivity contribution >= 4 is 6.09 Å². The molecule has 0 aliphatic heterocycles. The first-order valence-corrected chi connectivity index (χ1v) is 7.02. The zero-order chi connectivity index (χ0) is 14.4. The van der Waals surface area contributed by atoms with E-state index in [9.17, 15) is 4.79 Å². The Bertz CT molecular complexity index is 416. The summed E-state index contributed by atoms with van der Waals surface area (Å²) in [4.78, 5) is 11.6. The topological polar surface area (TPSA) is 70.6 Å². The quantitative estimate of drug-likeness (QED) is 0.736. The average molecular weight is 278 g/mol. The number of amides is 1. The van der Waals surface area contributed by atoms with E-state index in [-0.39, 0.29) is 18.2 Å². The van der Waals surface area contributed by atoms with Crippen LogP contribution in [0.3, 0.4) is 0 Å². The molecule has 3 N–H and O–H groups in total. The molecule has 0 radical (unpaired) electrons. The van der Waals surface area contributed by atoms with Crippen LogP contribution in [0.15, 0.2) is 30.3 Å². The van der Waals surface area contributed by atoms with Crippen LogP contribution in [-0.2, 0) is 11.3 Å². The maximum atomic E-state index is 11.6. The van der Waals surface area contributed by atoms with E-state index in [1.54, 1.807) is 6.92 Å². The molecule has 5 nitrogen and oxygen atoms in total. The van der Waals surface area contributed by atoms with Crippen molar-refractivity contribution in [2.24, 2.45) is 0 Å². The molecule has 0 saturated heterocycles. The smallest absolute Gasteiger partial charge is 0.407 e. The number of rotatable bonds is 6. The van der Waals surface area contributed by atoms with Crippen LogP contribution in [0, 0.1) is 0 Å². The number of nitrogens with one attached hydrogen (secondary N) is 2. The molecule has 20 heavy (non-hydrogen) atoms. The van der Waals surface area contributed by atoms with Gasteiger partial charge in [0.05, 0.1) is 6.10 Å². The van der Waals surface area contributed by atoms with E-state index >= 15 is 0 Å². The summed E-state index contributed by atoms with van der Waals surface area (Å²) in [5, 5.41) is 15.2. The molecular formula is C15H22N2O3. The largest absolute Gasteiger partial charge is 0.445 e. The Balaban J connectivity index is 1.58. The van der Waals surface area contributed by atoms with Gasteiger partial charge in [0.1, 0.15) is 6.61 Å². The lowest BCUT2D eigenvalue weighted by atomic mass is 9.87. The number of carbonyl (C=O) groups is 1. The number of carbonyl (C=O) groups excluding carboxylic acids is 1. The van der Waals surface area contributed by atoms with E-state index in [4.69, 9.17) is 9.84 Å². The van der Waals surface area contributed by atoms with Crippen LogP contribution in [0.25, 0.3) is 0 Å². The Kier molecular flexibility index (Phi) is 5.38. The molecule has 0 aromatic heterocycles. The van der Waals surface area contributed by atoms with Gasteiger partial charge in [-0.1, -0.05) is 30.3 Å². The molecule has 110 valence electrons. The summed E-state index contributed by atoms with van der Waals surface area (Å²) >= 11 is 0. The summed E-state index contributed by atoms with van der Waals surface area (Å²) in [6, 6.07) is 10.2. The lowest BCUT2D eigenvalue weighted by Crippen LogP contribution is -2.53. The van der Waals surface area contributed by atoms with Gasteiger partial charge in [-0.3, -0.25) is 0 Å². The summed E-state index contributed by atoms with van der Waals surface area (Å²) in [7, 11) is 0. The Morgan fingerprint density at radius 3 is 2.70 bits per heavy atom. The molecule has 1 aliphatic carbocycles. The number of alkyl carbamates (subject to hydrolysis) is 1. The molecule has 1 amide bonds. The minimum atomic E-state index is -0.368. The van der Waals surface area contributed by atoms with E-state index in [1.165, 1.54) is 0 Å². The van der Waals surface area contributed by atoms with Gasteiger partial charge in [-0.05, 0) is 25.3 Å². The van der Waals surface area contributed by atoms with Crippen molar-refractivity contribution in [1.29, 1.82) is 0 Å². The fourth-order valence-corrected chi connectivity index (χ4v) is 2.17. The molecule has 1 aliphatic rings. The molecule has 5 heteroatoms. The number of ether oxygens (including phenoxy) is 1. The van der Waals surface area contributed by atoms with Crippen LogP contribution < -0.4 is 10.6 Å². The van der Waals surface area contributed by atoms with Crippen molar-refractivity contribution in [3.8, 4) is 0 Å². The third kappa shape index (κ3) is 4.83. The van der Waals surface area contributed by atoms with Crippen LogP contribution in [0.5, 0.6) is 0 Å². The maximum Gasteiger partial charge on any atom is 0.407 e. The number of hydrogen-bond donors (Lipinski definition) is 3. The Morgan fingerprint density at radius 2 is 2.05 bits per heavy atom. The van der Waals surface area contributed by atoms with Gasteiger partial charge in [0.2, 0.25) is 0 Å². The van der Waals surface area contributed by atoms with Gasteiger partial charge >= 0.3 is 6.09 Å². The minimum Gasteiger partial charge on any atom is -0.445 e. The van der Waals surface area contributed by atoms with Gasteiger partial charge in [-0.2, -0.15) is 0 Å². The predicted molar refractivity (Wildman–Crippen MR) is 76.3 cm³/mol. The zero-order valence-electron chi connectivity index (χ0n) is 11.7. The minimum absolute atomic E-state index is 0.171.